The molecule has 3 rings (SSSR count). The molecular weight excluding hydrogens is 298 g/mol. The summed E-state index contributed by atoms with van der Waals surface area (Å²) in [4.78, 5) is 14.9. The van der Waals surface area contributed by atoms with Gasteiger partial charge in [-0.2, -0.15) is 0 Å². The Bertz CT molecular complexity index is 697. The van der Waals surface area contributed by atoms with Crippen LogP contribution in [0.1, 0.15) is 33.9 Å². The van der Waals surface area contributed by atoms with Crippen molar-refractivity contribution in [1.29, 1.82) is 0 Å². The molecule has 0 saturated carbocycles. The lowest BCUT2D eigenvalue weighted by Gasteiger charge is -2.26. The lowest BCUT2D eigenvalue weighted by atomic mass is 9.97. The summed E-state index contributed by atoms with van der Waals surface area (Å²) in [6.45, 7) is 1.57. The van der Waals surface area contributed by atoms with Gasteiger partial charge in [-0.05, 0) is 50.2 Å². The van der Waals surface area contributed by atoms with Gasteiger partial charge in [0, 0.05) is 24.3 Å². The third kappa shape index (κ3) is 3.60. The fraction of sp³-hybridized carbons (Fsp3) is 0.350. The van der Waals surface area contributed by atoms with Crippen LogP contribution in [0.4, 0.5) is 5.69 Å². The Morgan fingerprint density at radius 1 is 1.17 bits per heavy atom. The summed E-state index contributed by atoms with van der Waals surface area (Å²) in [6, 6.07) is 16.4. The van der Waals surface area contributed by atoms with E-state index in [4.69, 9.17) is 0 Å². The third-order valence-corrected chi connectivity index (χ3v) is 4.60. The van der Waals surface area contributed by atoms with Crippen LogP contribution in [0, 0.1) is 0 Å². The van der Waals surface area contributed by atoms with Crippen LogP contribution >= 0.6 is 0 Å². The van der Waals surface area contributed by atoms with Crippen molar-refractivity contribution < 1.29 is 4.79 Å². The summed E-state index contributed by atoms with van der Waals surface area (Å²) in [5.74, 6) is 0.0123. The van der Waals surface area contributed by atoms with Crippen molar-refractivity contribution in [2.45, 2.75) is 18.9 Å². The van der Waals surface area contributed by atoms with Gasteiger partial charge in [-0.25, -0.2) is 0 Å². The number of benzene rings is 2. The first-order valence-electron chi connectivity index (χ1n) is 8.52. The minimum Gasteiger partial charge on any atom is -0.385 e. The van der Waals surface area contributed by atoms with Crippen LogP contribution in [0.25, 0.3) is 0 Å². The van der Waals surface area contributed by atoms with E-state index >= 15 is 0 Å². The average Bonchev–Trinajstić information content (AvgIpc) is 2.62. The van der Waals surface area contributed by atoms with Crippen molar-refractivity contribution >= 4 is 11.6 Å². The topological polar surface area (TPSA) is 44.4 Å². The summed E-state index contributed by atoms with van der Waals surface area (Å²) in [7, 11) is 4.08. The Labute approximate surface area is 143 Å². The molecule has 2 aromatic rings. The smallest absolute Gasteiger partial charge is 0.251 e. The highest BCUT2D eigenvalue weighted by atomic mass is 16.1. The van der Waals surface area contributed by atoms with E-state index in [0.717, 1.165) is 36.2 Å². The van der Waals surface area contributed by atoms with Gasteiger partial charge in [-0.15, -0.1) is 0 Å². The molecule has 4 nitrogen and oxygen atoms in total. The Morgan fingerprint density at radius 2 is 1.96 bits per heavy atom. The van der Waals surface area contributed by atoms with Crippen molar-refractivity contribution in [3.63, 3.8) is 0 Å². The Balaban J connectivity index is 1.73. The summed E-state index contributed by atoms with van der Waals surface area (Å²) in [5.41, 5.74) is 4.24. The molecule has 2 aromatic carbocycles. The largest absolute Gasteiger partial charge is 0.385 e. The number of carbonyl (C=O) groups excluding carboxylic acids is 1. The van der Waals surface area contributed by atoms with Crippen LogP contribution < -0.4 is 10.6 Å². The van der Waals surface area contributed by atoms with Crippen molar-refractivity contribution in [3.05, 3.63) is 65.2 Å². The van der Waals surface area contributed by atoms with Crippen molar-refractivity contribution in [2.75, 3.05) is 32.5 Å². The first-order chi connectivity index (χ1) is 11.7. The van der Waals surface area contributed by atoms with Gasteiger partial charge in [0.25, 0.3) is 5.91 Å². The summed E-state index contributed by atoms with van der Waals surface area (Å²) in [6.07, 6.45) is 2.03. The predicted molar refractivity (Wildman–Crippen MR) is 98.5 cm³/mol. The molecule has 0 saturated heterocycles. The van der Waals surface area contributed by atoms with Crippen LogP contribution in [0.15, 0.2) is 48.5 Å². The molecule has 126 valence electrons. The van der Waals surface area contributed by atoms with Gasteiger partial charge in [0.05, 0.1) is 6.04 Å². The molecule has 0 bridgehead atoms. The van der Waals surface area contributed by atoms with Gasteiger partial charge >= 0.3 is 0 Å². The predicted octanol–water partition coefficient (Wildman–Crippen LogP) is 3.08. The second-order valence-corrected chi connectivity index (χ2v) is 6.46. The molecule has 1 aliphatic rings. The monoisotopic (exact) mass is 323 g/mol. The molecule has 2 N–H and O–H groups in total. The molecule has 1 heterocycles. The molecule has 0 radical (unpaired) electrons. The van der Waals surface area contributed by atoms with E-state index in [-0.39, 0.29) is 11.9 Å². The fourth-order valence-corrected chi connectivity index (χ4v) is 3.28. The van der Waals surface area contributed by atoms with E-state index in [9.17, 15) is 4.79 Å². The van der Waals surface area contributed by atoms with Crippen LogP contribution in [-0.4, -0.2) is 38.0 Å². The fourth-order valence-electron chi connectivity index (χ4n) is 3.28. The minimum atomic E-state index is 0.0123. The van der Waals surface area contributed by atoms with E-state index in [0.29, 0.717) is 6.54 Å². The number of nitrogens with zero attached hydrogens (tertiary/aromatic N) is 1. The summed E-state index contributed by atoms with van der Waals surface area (Å²) < 4.78 is 0. The van der Waals surface area contributed by atoms with Crippen molar-refractivity contribution in [2.24, 2.45) is 0 Å². The number of anilines is 1. The molecule has 1 atom stereocenters. The molecule has 0 spiro atoms. The normalized spacial score (nSPS) is 14.6. The zero-order chi connectivity index (χ0) is 16.9. The Hall–Kier alpha value is -2.33. The Kier molecular flexibility index (Phi) is 5.16. The van der Waals surface area contributed by atoms with E-state index in [2.05, 4.69) is 33.7 Å². The molecule has 0 fully saturated rings. The van der Waals surface area contributed by atoms with Gasteiger partial charge in [0.1, 0.15) is 0 Å². The number of amides is 1. The van der Waals surface area contributed by atoms with E-state index in [1.54, 1.807) is 0 Å². The second kappa shape index (κ2) is 7.49. The summed E-state index contributed by atoms with van der Waals surface area (Å²) in [5, 5.41) is 6.50. The number of likely N-dealkylation sites (N-methyl/N-ethyl adjacent to an activating group) is 1. The van der Waals surface area contributed by atoms with E-state index in [1.165, 1.54) is 5.56 Å². The van der Waals surface area contributed by atoms with E-state index in [1.807, 2.05) is 44.4 Å². The Morgan fingerprint density at radius 3 is 2.71 bits per heavy atom. The van der Waals surface area contributed by atoms with Crippen LogP contribution in [0.5, 0.6) is 0 Å². The molecule has 0 aromatic heterocycles. The molecule has 1 unspecified atom stereocenters. The molecule has 1 aliphatic heterocycles. The SMILES string of the molecule is CN(C)C(CNC(=O)c1cccc2c1CCCN2)c1ccccc1. The lowest BCUT2D eigenvalue weighted by molar-refractivity contribution is 0.0941. The maximum Gasteiger partial charge on any atom is 0.251 e. The number of rotatable bonds is 5. The van der Waals surface area contributed by atoms with Gasteiger partial charge < -0.3 is 15.5 Å². The lowest BCUT2D eigenvalue weighted by Crippen LogP contribution is -2.35. The number of hydrogen-bond donors (Lipinski definition) is 2. The quantitative estimate of drug-likeness (QED) is 0.889. The molecular formula is C20H25N3O. The highest BCUT2D eigenvalue weighted by Crippen LogP contribution is 2.25. The molecule has 24 heavy (non-hydrogen) atoms. The number of hydrogen-bond acceptors (Lipinski definition) is 3. The van der Waals surface area contributed by atoms with Crippen LogP contribution in [0.3, 0.4) is 0 Å². The molecule has 4 heteroatoms. The van der Waals surface area contributed by atoms with Gasteiger partial charge in [0.15, 0.2) is 0 Å². The highest BCUT2D eigenvalue weighted by Gasteiger charge is 2.19. The summed E-state index contributed by atoms with van der Waals surface area (Å²) >= 11 is 0. The minimum absolute atomic E-state index is 0.0123. The van der Waals surface area contributed by atoms with Gasteiger partial charge in [-0.3, -0.25) is 4.79 Å². The number of carbonyl (C=O) groups is 1. The van der Waals surface area contributed by atoms with Gasteiger partial charge in [-0.1, -0.05) is 36.4 Å². The second-order valence-electron chi connectivity index (χ2n) is 6.46. The molecule has 1 amide bonds. The zero-order valence-corrected chi connectivity index (χ0v) is 14.4. The highest BCUT2D eigenvalue weighted by molar-refractivity contribution is 5.97. The first kappa shape index (κ1) is 16.5. The molecule has 0 aliphatic carbocycles. The van der Waals surface area contributed by atoms with Crippen molar-refractivity contribution in [3.8, 4) is 0 Å². The van der Waals surface area contributed by atoms with E-state index < -0.39 is 0 Å². The third-order valence-electron chi connectivity index (χ3n) is 4.60. The van der Waals surface area contributed by atoms with Crippen molar-refractivity contribution in [1.82, 2.24) is 10.2 Å². The maximum absolute atomic E-state index is 12.7. The van der Waals surface area contributed by atoms with Crippen LogP contribution in [-0.2, 0) is 6.42 Å². The number of nitrogens with one attached hydrogen (secondary N) is 2. The zero-order valence-electron chi connectivity index (χ0n) is 14.4. The maximum atomic E-state index is 12.7. The van der Waals surface area contributed by atoms with Gasteiger partial charge in [0.2, 0.25) is 0 Å². The number of fused-ring (bicyclic) bond motifs is 1. The average molecular weight is 323 g/mol. The van der Waals surface area contributed by atoms with Crippen LogP contribution in [0.2, 0.25) is 0 Å². The standard InChI is InChI=1S/C20H25N3O/c1-23(2)19(15-8-4-3-5-9-15)14-22-20(24)17-10-6-12-18-16(17)11-7-13-21-18/h3-6,8-10,12,19,21H,7,11,13-14H2,1-2H3,(H,22,24). The first-order valence-corrected chi connectivity index (χ1v) is 8.52.